The highest BCUT2D eigenvalue weighted by molar-refractivity contribution is 5.73. The number of nitrogens with zero attached hydrogens (tertiary/aromatic N) is 5. The first-order valence-corrected chi connectivity index (χ1v) is 6.92. The number of nitro groups is 1. The largest absolute Gasteiger partial charge is 0.382 e. The van der Waals surface area contributed by atoms with Crippen LogP contribution in [0.3, 0.4) is 0 Å². The van der Waals surface area contributed by atoms with E-state index in [-0.39, 0.29) is 28.7 Å². The maximum absolute atomic E-state index is 11.0. The second-order valence-electron chi connectivity index (χ2n) is 4.81. The zero-order chi connectivity index (χ0) is 17.1. The molecule has 0 spiro atoms. The third-order valence-corrected chi connectivity index (χ3v) is 3.26. The van der Waals surface area contributed by atoms with Gasteiger partial charge in [-0.05, 0) is 18.2 Å². The van der Waals surface area contributed by atoms with Crippen LogP contribution in [0.5, 0.6) is 0 Å². The molecule has 2 aromatic carbocycles. The van der Waals surface area contributed by atoms with Gasteiger partial charge in [0.1, 0.15) is 0 Å². The molecule has 0 radical (unpaired) electrons. The molecule has 24 heavy (non-hydrogen) atoms. The molecule has 9 nitrogen and oxygen atoms in total. The molecule has 0 saturated heterocycles. The number of hydrogen-bond donors (Lipinski definition) is 2. The quantitative estimate of drug-likeness (QED) is 0.430. The predicted octanol–water partition coefficient (Wildman–Crippen LogP) is 3.36. The van der Waals surface area contributed by atoms with Crippen molar-refractivity contribution in [2.24, 2.45) is 10.2 Å². The molecule has 3 rings (SSSR count). The first-order chi connectivity index (χ1) is 11.6. The number of rotatable bonds is 4. The second-order valence-corrected chi connectivity index (χ2v) is 4.81. The highest BCUT2D eigenvalue weighted by Gasteiger charge is 2.16. The molecule has 1 aromatic heterocycles. The maximum Gasteiger partial charge on any atom is 0.296 e. The van der Waals surface area contributed by atoms with Crippen molar-refractivity contribution in [3.63, 3.8) is 0 Å². The Kier molecular flexibility index (Phi) is 3.89. The van der Waals surface area contributed by atoms with Crippen LogP contribution in [0.2, 0.25) is 0 Å². The Morgan fingerprint density at radius 2 is 1.67 bits per heavy atom. The molecule has 9 heteroatoms. The van der Waals surface area contributed by atoms with Crippen molar-refractivity contribution in [2.45, 2.75) is 0 Å². The van der Waals surface area contributed by atoms with E-state index in [1.165, 1.54) is 16.8 Å². The summed E-state index contributed by atoms with van der Waals surface area (Å²) in [5.41, 5.74) is 12.7. The fourth-order valence-electron chi connectivity index (χ4n) is 2.12. The topological polar surface area (TPSA) is 138 Å². The Balaban J connectivity index is 2.00. The van der Waals surface area contributed by atoms with Gasteiger partial charge in [-0.15, -0.1) is 15.3 Å². The molecule has 0 fully saturated rings. The third-order valence-electron chi connectivity index (χ3n) is 3.26. The lowest BCUT2D eigenvalue weighted by atomic mass is 10.3. The van der Waals surface area contributed by atoms with E-state index >= 15 is 0 Å². The van der Waals surface area contributed by atoms with Gasteiger partial charge >= 0.3 is 0 Å². The number of nitrogens with two attached hydrogens (primary N) is 2. The molecule has 0 amide bonds. The molecule has 1 heterocycles. The Bertz CT molecular complexity index is 919. The van der Waals surface area contributed by atoms with Gasteiger partial charge in [0, 0.05) is 6.07 Å². The third kappa shape index (κ3) is 2.77. The molecule has 0 aliphatic rings. The van der Waals surface area contributed by atoms with Crippen LogP contribution in [0, 0.1) is 10.1 Å². The number of hydrogen-bond acceptors (Lipinski definition) is 7. The van der Waals surface area contributed by atoms with Gasteiger partial charge in [0.25, 0.3) is 5.69 Å². The van der Waals surface area contributed by atoms with Crippen LogP contribution in [-0.4, -0.2) is 14.7 Å². The number of aromatic nitrogens is 2. The molecular weight excluding hydrogens is 310 g/mol. The SMILES string of the molecule is Nc1nn(-c2ccccc2)c(N)c1N=Nc1ccccc1[N+](=O)[O-]. The zero-order valence-electron chi connectivity index (χ0n) is 12.4. The maximum atomic E-state index is 11.0. The van der Waals surface area contributed by atoms with Gasteiger partial charge in [0.2, 0.25) is 0 Å². The van der Waals surface area contributed by atoms with Crippen LogP contribution in [0.1, 0.15) is 0 Å². The van der Waals surface area contributed by atoms with E-state index < -0.39 is 4.92 Å². The van der Waals surface area contributed by atoms with Crippen LogP contribution >= 0.6 is 0 Å². The van der Waals surface area contributed by atoms with E-state index in [0.717, 1.165) is 0 Å². The summed E-state index contributed by atoms with van der Waals surface area (Å²) in [6.45, 7) is 0. The number of para-hydroxylation sites is 2. The highest BCUT2D eigenvalue weighted by Crippen LogP contribution is 2.34. The van der Waals surface area contributed by atoms with Gasteiger partial charge in [-0.2, -0.15) is 0 Å². The Hall–Kier alpha value is -3.75. The average molecular weight is 323 g/mol. The van der Waals surface area contributed by atoms with Gasteiger partial charge in [0.05, 0.1) is 10.6 Å². The minimum atomic E-state index is -0.533. The molecule has 3 aromatic rings. The van der Waals surface area contributed by atoms with E-state index in [1.54, 1.807) is 12.1 Å². The minimum absolute atomic E-state index is 0.0821. The van der Waals surface area contributed by atoms with Crippen molar-refractivity contribution in [3.8, 4) is 5.69 Å². The standard InChI is InChI=1S/C15H13N7O2/c16-14-13(15(17)21(20-14)10-6-2-1-3-7-10)19-18-11-8-4-5-9-12(11)22(23)24/h1-9H,17H2,(H2,16,20). The van der Waals surface area contributed by atoms with E-state index in [9.17, 15) is 10.1 Å². The fourth-order valence-corrected chi connectivity index (χ4v) is 2.12. The summed E-state index contributed by atoms with van der Waals surface area (Å²) in [5, 5.41) is 23.0. The first kappa shape index (κ1) is 15.2. The molecule has 0 unspecified atom stereocenters. The van der Waals surface area contributed by atoms with Crippen LogP contribution in [0.4, 0.5) is 28.7 Å². The van der Waals surface area contributed by atoms with Crippen molar-refractivity contribution >= 4 is 28.7 Å². The van der Waals surface area contributed by atoms with E-state index in [0.29, 0.717) is 5.69 Å². The number of nitro benzene ring substituents is 1. The monoisotopic (exact) mass is 323 g/mol. The molecule has 4 N–H and O–H groups in total. The van der Waals surface area contributed by atoms with Gasteiger partial charge in [-0.1, -0.05) is 30.3 Å². The second kappa shape index (κ2) is 6.16. The molecule has 0 aliphatic carbocycles. The molecular formula is C15H13N7O2. The lowest BCUT2D eigenvalue weighted by Crippen LogP contribution is -2.01. The first-order valence-electron chi connectivity index (χ1n) is 6.92. The summed E-state index contributed by atoms with van der Waals surface area (Å²) in [4.78, 5) is 10.5. The lowest BCUT2D eigenvalue weighted by molar-refractivity contribution is -0.384. The average Bonchev–Trinajstić information content (AvgIpc) is 2.88. The van der Waals surface area contributed by atoms with Crippen LogP contribution in [0.15, 0.2) is 64.8 Å². The molecule has 0 saturated carbocycles. The molecule has 0 atom stereocenters. The van der Waals surface area contributed by atoms with Crippen LogP contribution < -0.4 is 11.5 Å². The normalized spacial score (nSPS) is 11.0. The molecule has 0 aliphatic heterocycles. The summed E-state index contributed by atoms with van der Waals surface area (Å²) < 4.78 is 1.43. The van der Waals surface area contributed by atoms with Crippen LogP contribution in [-0.2, 0) is 0 Å². The number of benzene rings is 2. The summed E-state index contributed by atoms with van der Waals surface area (Å²) in [5.74, 6) is 0.278. The molecule has 0 bridgehead atoms. The summed E-state index contributed by atoms with van der Waals surface area (Å²) in [7, 11) is 0. The van der Waals surface area contributed by atoms with Gasteiger partial charge < -0.3 is 11.5 Å². The Morgan fingerprint density at radius 3 is 2.38 bits per heavy atom. The van der Waals surface area contributed by atoms with E-state index in [1.807, 2.05) is 30.3 Å². The summed E-state index contributed by atoms with van der Waals surface area (Å²) in [6.07, 6.45) is 0. The number of azo groups is 1. The number of anilines is 2. The van der Waals surface area contributed by atoms with Crippen molar-refractivity contribution in [2.75, 3.05) is 11.5 Å². The van der Waals surface area contributed by atoms with Crippen molar-refractivity contribution in [1.82, 2.24) is 9.78 Å². The summed E-state index contributed by atoms with van der Waals surface area (Å²) in [6, 6.07) is 15.2. The summed E-state index contributed by atoms with van der Waals surface area (Å²) >= 11 is 0. The van der Waals surface area contributed by atoms with E-state index in [4.69, 9.17) is 11.5 Å². The van der Waals surface area contributed by atoms with Gasteiger partial charge in [0.15, 0.2) is 23.0 Å². The minimum Gasteiger partial charge on any atom is -0.382 e. The highest BCUT2D eigenvalue weighted by atomic mass is 16.6. The lowest BCUT2D eigenvalue weighted by Gasteiger charge is -2.02. The number of nitrogen functional groups attached to an aromatic ring is 2. The van der Waals surface area contributed by atoms with Crippen molar-refractivity contribution in [1.29, 1.82) is 0 Å². The Morgan fingerprint density at radius 1 is 1.00 bits per heavy atom. The van der Waals surface area contributed by atoms with Crippen molar-refractivity contribution in [3.05, 3.63) is 64.7 Å². The predicted molar refractivity (Wildman–Crippen MR) is 89.7 cm³/mol. The van der Waals surface area contributed by atoms with Gasteiger partial charge in [-0.3, -0.25) is 10.1 Å². The van der Waals surface area contributed by atoms with Crippen molar-refractivity contribution < 1.29 is 4.92 Å². The Labute approximate surface area is 136 Å². The molecule has 120 valence electrons. The fraction of sp³-hybridized carbons (Fsp3) is 0. The van der Waals surface area contributed by atoms with Gasteiger partial charge in [-0.25, -0.2) is 4.68 Å². The van der Waals surface area contributed by atoms with Crippen LogP contribution in [0.25, 0.3) is 5.69 Å². The van der Waals surface area contributed by atoms with E-state index in [2.05, 4.69) is 15.3 Å². The zero-order valence-corrected chi connectivity index (χ0v) is 12.4. The smallest absolute Gasteiger partial charge is 0.296 e.